The predicted octanol–water partition coefficient (Wildman–Crippen LogP) is 2.38. The highest BCUT2D eigenvalue weighted by molar-refractivity contribution is 5.95. The predicted molar refractivity (Wildman–Crippen MR) is 79.9 cm³/mol. The Morgan fingerprint density at radius 1 is 1.41 bits per heavy atom. The van der Waals surface area contributed by atoms with Crippen LogP contribution in [0.5, 0.6) is 5.75 Å². The van der Waals surface area contributed by atoms with Crippen molar-refractivity contribution in [1.82, 2.24) is 5.32 Å². The molecule has 1 aliphatic rings. The van der Waals surface area contributed by atoms with Gasteiger partial charge in [0.05, 0.1) is 22.2 Å². The first kappa shape index (κ1) is 16.2. The molecule has 0 saturated carbocycles. The lowest BCUT2D eigenvalue weighted by atomic mass is 9.94. The average molecular weight is 308 g/mol. The lowest BCUT2D eigenvalue weighted by molar-refractivity contribution is -0.385. The zero-order chi connectivity index (χ0) is 16.7. The van der Waals surface area contributed by atoms with Gasteiger partial charge in [0, 0.05) is 11.6 Å². The SMILES string of the molecule is CC1(C)C[C@H](NC(=O)c2ccc(O)c([N+](=O)[O-])c2)C(C)(C)O1. The maximum Gasteiger partial charge on any atom is 0.311 e. The number of ether oxygens (including phenoxy) is 1. The molecule has 22 heavy (non-hydrogen) atoms. The second kappa shape index (κ2) is 5.24. The second-order valence-corrected chi connectivity index (χ2v) is 6.66. The number of aromatic hydroxyl groups is 1. The Labute approximate surface area is 128 Å². The van der Waals surface area contributed by atoms with E-state index < -0.39 is 27.9 Å². The van der Waals surface area contributed by atoms with E-state index in [0.29, 0.717) is 6.42 Å². The molecule has 1 aliphatic heterocycles. The maximum atomic E-state index is 12.3. The van der Waals surface area contributed by atoms with Gasteiger partial charge < -0.3 is 15.2 Å². The van der Waals surface area contributed by atoms with Gasteiger partial charge in [-0.1, -0.05) is 0 Å². The molecule has 1 aromatic carbocycles. The molecule has 7 heteroatoms. The third-order valence-electron chi connectivity index (χ3n) is 3.81. The van der Waals surface area contributed by atoms with Crippen molar-refractivity contribution in [2.45, 2.75) is 51.4 Å². The molecule has 1 heterocycles. The second-order valence-electron chi connectivity index (χ2n) is 6.66. The number of nitrogens with zero attached hydrogens (tertiary/aromatic N) is 1. The Hall–Kier alpha value is -2.15. The summed E-state index contributed by atoms with van der Waals surface area (Å²) in [5.74, 6) is -0.894. The van der Waals surface area contributed by atoms with E-state index in [9.17, 15) is 20.0 Å². The third-order valence-corrected chi connectivity index (χ3v) is 3.81. The Morgan fingerprint density at radius 3 is 2.55 bits per heavy atom. The van der Waals surface area contributed by atoms with E-state index in [-0.39, 0.29) is 17.2 Å². The smallest absolute Gasteiger partial charge is 0.311 e. The summed E-state index contributed by atoms with van der Waals surface area (Å²) in [6.07, 6.45) is 0.645. The molecule has 7 nitrogen and oxygen atoms in total. The topological polar surface area (TPSA) is 102 Å². The third kappa shape index (κ3) is 3.19. The van der Waals surface area contributed by atoms with Gasteiger partial charge in [-0.15, -0.1) is 0 Å². The summed E-state index contributed by atoms with van der Waals surface area (Å²) in [5, 5.41) is 23.1. The minimum atomic E-state index is -0.724. The van der Waals surface area contributed by atoms with Crippen molar-refractivity contribution in [3.05, 3.63) is 33.9 Å². The van der Waals surface area contributed by atoms with Crippen LogP contribution < -0.4 is 5.32 Å². The van der Waals surface area contributed by atoms with Crippen LogP contribution in [0.1, 0.15) is 44.5 Å². The van der Waals surface area contributed by atoms with Gasteiger partial charge in [-0.05, 0) is 46.2 Å². The van der Waals surface area contributed by atoms with E-state index in [2.05, 4.69) is 5.32 Å². The van der Waals surface area contributed by atoms with Crippen LogP contribution in [-0.4, -0.2) is 33.2 Å². The number of carbonyl (C=O) groups excluding carboxylic acids is 1. The van der Waals surface area contributed by atoms with Crippen LogP contribution in [0.3, 0.4) is 0 Å². The number of amides is 1. The first-order valence-corrected chi connectivity index (χ1v) is 7.00. The summed E-state index contributed by atoms with van der Waals surface area (Å²) >= 11 is 0. The summed E-state index contributed by atoms with van der Waals surface area (Å²) in [5.41, 5.74) is -1.23. The average Bonchev–Trinajstić information content (AvgIpc) is 2.56. The summed E-state index contributed by atoms with van der Waals surface area (Å²) < 4.78 is 5.90. The number of benzene rings is 1. The molecule has 1 atom stereocenters. The van der Waals surface area contributed by atoms with Gasteiger partial charge in [-0.2, -0.15) is 0 Å². The highest BCUT2D eigenvalue weighted by Gasteiger charge is 2.46. The lowest BCUT2D eigenvalue weighted by Crippen LogP contribution is -2.46. The minimum absolute atomic E-state index is 0.130. The van der Waals surface area contributed by atoms with Gasteiger partial charge in [0.2, 0.25) is 0 Å². The fourth-order valence-corrected chi connectivity index (χ4v) is 2.84. The Balaban J connectivity index is 2.20. The molecule has 2 rings (SSSR count). The van der Waals surface area contributed by atoms with Crippen LogP contribution in [0.4, 0.5) is 5.69 Å². The monoisotopic (exact) mass is 308 g/mol. The molecule has 1 saturated heterocycles. The van der Waals surface area contributed by atoms with Gasteiger partial charge >= 0.3 is 5.69 Å². The minimum Gasteiger partial charge on any atom is -0.502 e. The van der Waals surface area contributed by atoms with Crippen LogP contribution in [0.25, 0.3) is 0 Å². The van der Waals surface area contributed by atoms with Gasteiger partial charge in [-0.25, -0.2) is 0 Å². The normalized spacial score (nSPS) is 22.3. The molecule has 1 fully saturated rings. The van der Waals surface area contributed by atoms with Crippen LogP contribution in [0, 0.1) is 10.1 Å². The van der Waals surface area contributed by atoms with Crippen molar-refractivity contribution >= 4 is 11.6 Å². The fraction of sp³-hybridized carbons (Fsp3) is 0.533. The van der Waals surface area contributed by atoms with Gasteiger partial charge in [-0.3, -0.25) is 14.9 Å². The van der Waals surface area contributed by atoms with Crippen molar-refractivity contribution in [3.63, 3.8) is 0 Å². The van der Waals surface area contributed by atoms with Crippen molar-refractivity contribution in [3.8, 4) is 5.75 Å². The number of hydrogen-bond donors (Lipinski definition) is 2. The van der Waals surface area contributed by atoms with Crippen molar-refractivity contribution in [2.75, 3.05) is 0 Å². The molecule has 2 N–H and O–H groups in total. The van der Waals surface area contributed by atoms with Gasteiger partial charge in [0.1, 0.15) is 0 Å². The van der Waals surface area contributed by atoms with Crippen LogP contribution >= 0.6 is 0 Å². The van der Waals surface area contributed by atoms with Crippen LogP contribution in [0.15, 0.2) is 18.2 Å². The van der Waals surface area contributed by atoms with E-state index in [1.165, 1.54) is 6.07 Å². The Kier molecular flexibility index (Phi) is 3.87. The number of nitro groups is 1. The van der Waals surface area contributed by atoms with E-state index in [4.69, 9.17) is 4.74 Å². The molecular formula is C15H20N2O5. The summed E-state index contributed by atoms with van der Waals surface area (Å²) in [7, 11) is 0. The molecule has 0 spiro atoms. The molecule has 0 unspecified atom stereocenters. The Morgan fingerprint density at radius 2 is 2.05 bits per heavy atom. The molecule has 1 amide bonds. The number of phenolic OH excluding ortho intramolecular Hbond substituents is 1. The molecule has 0 aromatic heterocycles. The highest BCUT2D eigenvalue weighted by Crippen LogP contribution is 2.37. The van der Waals surface area contributed by atoms with E-state index in [0.717, 1.165) is 12.1 Å². The number of nitrogens with one attached hydrogen (secondary N) is 1. The van der Waals surface area contributed by atoms with E-state index in [1.807, 2.05) is 27.7 Å². The summed E-state index contributed by atoms with van der Waals surface area (Å²) in [4.78, 5) is 22.4. The number of carbonyl (C=O) groups is 1. The number of nitro benzene ring substituents is 1. The molecule has 0 aliphatic carbocycles. The molecule has 120 valence electrons. The zero-order valence-electron chi connectivity index (χ0n) is 13.0. The molecule has 1 aromatic rings. The Bertz CT molecular complexity index is 624. The first-order chi connectivity index (χ1) is 10.0. The lowest BCUT2D eigenvalue weighted by Gasteiger charge is -2.27. The summed E-state index contributed by atoms with van der Waals surface area (Å²) in [6, 6.07) is 3.36. The standard InChI is InChI=1S/C15H20N2O5/c1-14(2)8-12(15(3,4)22-14)16-13(19)9-5-6-11(18)10(7-9)17(20)21/h5-7,12,18H,8H2,1-4H3,(H,16,19)/t12-/m0/s1. The fourth-order valence-electron chi connectivity index (χ4n) is 2.84. The largest absolute Gasteiger partial charge is 0.502 e. The molecule has 0 bridgehead atoms. The van der Waals surface area contributed by atoms with E-state index in [1.54, 1.807) is 0 Å². The number of rotatable bonds is 3. The number of phenols is 1. The van der Waals surface area contributed by atoms with Crippen molar-refractivity contribution in [2.24, 2.45) is 0 Å². The molecule has 0 radical (unpaired) electrons. The zero-order valence-corrected chi connectivity index (χ0v) is 13.0. The quantitative estimate of drug-likeness (QED) is 0.659. The van der Waals surface area contributed by atoms with Gasteiger partial charge in [0.25, 0.3) is 5.91 Å². The molecular weight excluding hydrogens is 288 g/mol. The van der Waals surface area contributed by atoms with E-state index >= 15 is 0 Å². The highest BCUT2D eigenvalue weighted by atomic mass is 16.6. The van der Waals surface area contributed by atoms with Gasteiger partial charge in [0.15, 0.2) is 5.75 Å². The van der Waals surface area contributed by atoms with Crippen LogP contribution in [0.2, 0.25) is 0 Å². The summed E-state index contributed by atoms with van der Waals surface area (Å²) in [6.45, 7) is 7.69. The first-order valence-electron chi connectivity index (χ1n) is 7.00. The van der Waals surface area contributed by atoms with Crippen molar-refractivity contribution < 1.29 is 19.6 Å². The van der Waals surface area contributed by atoms with Crippen molar-refractivity contribution in [1.29, 1.82) is 0 Å². The number of hydrogen-bond acceptors (Lipinski definition) is 5. The maximum absolute atomic E-state index is 12.3. The van der Waals surface area contributed by atoms with Crippen LogP contribution in [-0.2, 0) is 4.74 Å².